The summed E-state index contributed by atoms with van der Waals surface area (Å²) in [6.07, 6.45) is 1.91. The van der Waals surface area contributed by atoms with Crippen LogP contribution in [0.25, 0.3) is 0 Å². The second kappa shape index (κ2) is 9.97. The zero-order valence-corrected chi connectivity index (χ0v) is 15.8. The quantitative estimate of drug-likeness (QED) is 0.479. The first-order valence-electron chi connectivity index (χ1n) is 7.90. The Kier molecular flexibility index (Phi) is 8.68. The van der Waals surface area contributed by atoms with Crippen LogP contribution in [0.2, 0.25) is 0 Å². The van der Waals surface area contributed by atoms with Crippen LogP contribution in [0.1, 0.15) is 25.5 Å². The molecule has 1 aromatic rings. The molecule has 0 heterocycles. The predicted molar refractivity (Wildman–Crippen MR) is 96.2 cm³/mol. The van der Waals surface area contributed by atoms with Crippen LogP contribution in [0.4, 0.5) is 0 Å². The topological polar surface area (TPSA) is 51.8 Å². The van der Waals surface area contributed by atoms with Crippen molar-refractivity contribution in [1.29, 1.82) is 0 Å². The molecule has 0 spiro atoms. The standard InChI is InChI=1S/C17H30N2O3Si/c1-7-16(15-12-10-9-11-13-15)19-14(3)17(18-8-2)23(20-4,21-5)22-6/h7,9-14,16-19H,1,8H2,2-6H3. The predicted octanol–water partition coefficient (Wildman–Crippen LogP) is 2.29. The molecule has 0 radical (unpaired) electrons. The zero-order chi connectivity index (χ0) is 17.3. The summed E-state index contributed by atoms with van der Waals surface area (Å²) in [6.45, 7) is 8.91. The summed E-state index contributed by atoms with van der Waals surface area (Å²) in [5.74, 6) is 0. The van der Waals surface area contributed by atoms with Crippen LogP contribution in [-0.4, -0.2) is 48.4 Å². The molecule has 6 heteroatoms. The van der Waals surface area contributed by atoms with Crippen molar-refractivity contribution in [3.05, 3.63) is 48.6 Å². The van der Waals surface area contributed by atoms with Crippen molar-refractivity contribution in [2.24, 2.45) is 0 Å². The fourth-order valence-corrected chi connectivity index (χ4v) is 5.22. The van der Waals surface area contributed by atoms with Crippen LogP contribution in [0.5, 0.6) is 0 Å². The molecule has 0 saturated carbocycles. The number of hydrogen-bond donors (Lipinski definition) is 2. The molecule has 0 aromatic heterocycles. The van der Waals surface area contributed by atoms with Crippen molar-refractivity contribution in [1.82, 2.24) is 10.6 Å². The summed E-state index contributed by atoms with van der Waals surface area (Å²) < 4.78 is 17.0. The maximum Gasteiger partial charge on any atom is 0.519 e. The largest absolute Gasteiger partial charge is 0.519 e. The normalized spacial score (nSPS) is 15.9. The second-order valence-electron chi connectivity index (χ2n) is 5.33. The third kappa shape index (κ3) is 4.97. The molecular formula is C17H30N2O3Si. The van der Waals surface area contributed by atoms with Gasteiger partial charge in [-0.25, -0.2) is 0 Å². The number of likely N-dealkylation sites (N-methyl/N-ethyl adjacent to an activating group) is 1. The lowest BCUT2D eigenvalue weighted by molar-refractivity contribution is 0.101. The number of nitrogens with one attached hydrogen (secondary N) is 2. The maximum absolute atomic E-state index is 5.66. The molecule has 0 aliphatic carbocycles. The Balaban J connectivity index is 2.96. The average Bonchev–Trinajstić information content (AvgIpc) is 2.61. The summed E-state index contributed by atoms with van der Waals surface area (Å²) in [5, 5.41) is 7.04. The molecule has 3 atom stereocenters. The first-order chi connectivity index (χ1) is 11.1. The van der Waals surface area contributed by atoms with Gasteiger partial charge in [0, 0.05) is 27.4 Å². The van der Waals surface area contributed by atoms with E-state index in [9.17, 15) is 0 Å². The Morgan fingerprint density at radius 1 is 1.13 bits per heavy atom. The van der Waals surface area contributed by atoms with E-state index in [0.717, 1.165) is 6.54 Å². The third-order valence-corrected chi connectivity index (χ3v) is 7.17. The van der Waals surface area contributed by atoms with Crippen LogP contribution in [0.3, 0.4) is 0 Å². The van der Waals surface area contributed by atoms with E-state index in [2.05, 4.69) is 43.2 Å². The average molecular weight is 339 g/mol. The SMILES string of the molecule is C=CC(NC(C)C(NCC)[Si](OC)(OC)OC)c1ccccc1. The molecular weight excluding hydrogens is 308 g/mol. The van der Waals surface area contributed by atoms with Gasteiger partial charge in [-0.05, 0) is 19.0 Å². The first-order valence-corrected chi connectivity index (χ1v) is 9.71. The highest BCUT2D eigenvalue weighted by atomic mass is 28.4. The zero-order valence-electron chi connectivity index (χ0n) is 14.8. The Bertz CT molecular complexity index is 446. The number of hydrogen-bond acceptors (Lipinski definition) is 5. The highest BCUT2D eigenvalue weighted by molar-refractivity contribution is 6.62. The molecule has 1 aromatic carbocycles. The molecule has 0 fully saturated rings. The van der Waals surface area contributed by atoms with Crippen molar-refractivity contribution >= 4 is 8.80 Å². The van der Waals surface area contributed by atoms with Gasteiger partial charge in [0.15, 0.2) is 0 Å². The molecule has 0 bridgehead atoms. The Morgan fingerprint density at radius 3 is 2.13 bits per heavy atom. The molecule has 5 nitrogen and oxygen atoms in total. The summed E-state index contributed by atoms with van der Waals surface area (Å²) >= 11 is 0. The number of rotatable bonds is 11. The molecule has 1 rings (SSSR count). The van der Waals surface area contributed by atoms with Gasteiger partial charge < -0.3 is 23.9 Å². The van der Waals surface area contributed by atoms with E-state index >= 15 is 0 Å². The molecule has 0 saturated heterocycles. The van der Waals surface area contributed by atoms with Gasteiger partial charge in [0.1, 0.15) is 0 Å². The lowest BCUT2D eigenvalue weighted by atomic mass is 10.1. The van der Waals surface area contributed by atoms with E-state index in [0.29, 0.717) is 0 Å². The van der Waals surface area contributed by atoms with Crippen LogP contribution < -0.4 is 10.6 Å². The molecule has 130 valence electrons. The molecule has 0 aliphatic heterocycles. The Labute approximate surface area is 141 Å². The van der Waals surface area contributed by atoms with Crippen LogP contribution in [0.15, 0.2) is 43.0 Å². The Hall–Kier alpha value is -1.02. The van der Waals surface area contributed by atoms with E-state index in [1.54, 1.807) is 21.3 Å². The van der Waals surface area contributed by atoms with E-state index in [1.807, 2.05) is 24.3 Å². The van der Waals surface area contributed by atoms with Gasteiger partial charge in [0.2, 0.25) is 0 Å². The molecule has 0 aliphatic rings. The van der Waals surface area contributed by atoms with Crippen molar-refractivity contribution in [2.75, 3.05) is 27.9 Å². The van der Waals surface area contributed by atoms with Crippen molar-refractivity contribution in [3.63, 3.8) is 0 Å². The smallest absolute Gasteiger partial charge is 0.376 e. The fraction of sp³-hybridized carbons (Fsp3) is 0.529. The van der Waals surface area contributed by atoms with Gasteiger partial charge in [0.05, 0.1) is 11.7 Å². The monoisotopic (exact) mass is 338 g/mol. The Morgan fingerprint density at radius 2 is 1.70 bits per heavy atom. The molecule has 0 amide bonds. The van der Waals surface area contributed by atoms with E-state index in [-0.39, 0.29) is 17.7 Å². The van der Waals surface area contributed by atoms with Gasteiger partial charge >= 0.3 is 8.80 Å². The van der Waals surface area contributed by atoms with E-state index in [4.69, 9.17) is 13.3 Å². The van der Waals surface area contributed by atoms with Crippen molar-refractivity contribution in [2.45, 2.75) is 31.6 Å². The lowest BCUT2D eigenvalue weighted by Gasteiger charge is -2.37. The molecule has 23 heavy (non-hydrogen) atoms. The van der Waals surface area contributed by atoms with Crippen molar-refractivity contribution in [3.8, 4) is 0 Å². The van der Waals surface area contributed by atoms with Gasteiger partial charge in [0.25, 0.3) is 0 Å². The summed E-state index contributed by atoms with van der Waals surface area (Å²) in [4.78, 5) is 0. The fourth-order valence-electron chi connectivity index (χ4n) is 2.80. The van der Waals surface area contributed by atoms with Crippen LogP contribution in [0, 0.1) is 0 Å². The van der Waals surface area contributed by atoms with Crippen molar-refractivity contribution < 1.29 is 13.3 Å². The summed E-state index contributed by atoms with van der Waals surface area (Å²) in [7, 11) is 2.09. The lowest BCUT2D eigenvalue weighted by Crippen LogP contribution is -2.67. The highest BCUT2D eigenvalue weighted by Crippen LogP contribution is 2.19. The van der Waals surface area contributed by atoms with Crippen LogP contribution in [-0.2, 0) is 13.3 Å². The van der Waals surface area contributed by atoms with Crippen LogP contribution >= 0.6 is 0 Å². The molecule has 3 unspecified atom stereocenters. The first kappa shape index (κ1) is 20.0. The van der Waals surface area contributed by atoms with Gasteiger partial charge in [-0.2, -0.15) is 0 Å². The van der Waals surface area contributed by atoms with E-state index in [1.165, 1.54) is 5.56 Å². The van der Waals surface area contributed by atoms with Gasteiger partial charge in [-0.3, -0.25) is 0 Å². The minimum absolute atomic E-state index is 0.0459. The summed E-state index contributed by atoms with van der Waals surface area (Å²) in [5.41, 5.74) is 1.10. The second-order valence-corrected chi connectivity index (χ2v) is 8.38. The van der Waals surface area contributed by atoms with Gasteiger partial charge in [-0.1, -0.05) is 43.3 Å². The van der Waals surface area contributed by atoms with Gasteiger partial charge in [-0.15, -0.1) is 6.58 Å². The number of benzene rings is 1. The maximum atomic E-state index is 5.66. The molecule has 2 N–H and O–H groups in total. The highest BCUT2D eigenvalue weighted by Gasteiger charge is 2.50. The van der Waals surface area contributed by atoms with E-state index < -0.39 is 8.80 Å². The minimum atomic E-state index is -2.82. The third-order valence-electron chi connectivity index (χ3n) is 4.00. The minimum Gasteiger partial charge on any atom is -0.376 e. The summed E-state index contributed by atoms with van der Waals surface area (Å²) in [6, 6.07) is 10.3.